The van der Waals surface area contributed by atoms with Crippen LogP contribution in [0.3, 0.4) is 0 Å². The highest BCUT2D eigenvalue weighted by Crippen LogP contribution is 2.27. The van der Waals surface area contributed by atoms with Crippen LogP contribution < -0.4 is 5.32 Å². The fourth-order valence-corrected chi connectivity index (χ4v) is 2.31. The maximum atomic E-state index is 10.6. The third-order valence-electron chi connectivity index (χ3n) is 2.76. The van der Waals surface area contributed by atoms with Gasteiger partial charge >= 0.3 is 0 Å². The van der Waals surface area contributed by atoms with Gasteiger partial charge in [0.2, 0.25) is 0 Å². The Balaban J connectivity index is 2.79. The zero-order chi connectivity index (χ0) is 13.8. The Labute approximate surface area is 114 Å². The van der Waals surface area contributed by atoms with Gasteiger partial charge in [0.15, 0.2) is 0 Å². The lowest BCUT2D eigenvalue weighted by atomic mass is 10.0. The fraction of sp³-hybridized carbons (Fsp3) is 0.769. The van der Waals surface area contributed by atoms with Crippen LogP contribution in [0, 0.1) is 5.92 Å². The summed E-state index contributed by atoms with van der Waals surface area (Å²) in [6.07, 6.45) is 2.56. The van der Waals surface area contributed by atoms with E-state index in [0.29, 0.717) is 23.2 Å². The average Bonchev–Trinajstić information content (AvgIpc) is 2.60. The van der Waals surface area contributed by atoms with Crippen LogP contribution in [0.1, 0.15) is 39.8 Å². The Morgan fingerprint density at radius 3 is 2.78 bits per heavy atom. The summed E-state index contributed by atoms with van der Waals surface area (Å²) in [5.74, 6) is 0.553. The van der Waals surface area contributed by atoms with Gasteiger partial charge in [0.1, 0.15) is 5.60 Å². The normalized spacial score (nSPS) is 15.1. The number of nitrogens with one attached hydrogen (secondary N) is 1. The van der Waals surface area contributed by atoms with E-state index in [2.05, 4.69) is 31.2 Å². The molecular formula is C13H24ClN3O. The number of halogens is 1. The highest BCUT2D eigenvalue weighted by molar-refractivity contribution is 6.31. The Bertz CT molecular complexity index is 374. The minimum absolute atomic E-state index is 0.473. The van der Waals surface area contributed by atoms with E-state index in [1.54, 1.807) is 17.8 Å². The smallest absolute Gasteiger partial charge is 0.117 e. The molecule has 0 aliphatic carbocycles. The summed E-state index contributed by atoms with van der Waals surface area (Å²) in [6, 6.07) is 0. The summed E-state index contributed by atoms with van der Waals surface area (Å²) < 4.78 is 1.79. The van der Waals surface area contributed by atoms with Gasteiger partial charge in [-0.05, 0) is 25.8 Å². The minimum Gasteiger partial charge on any atom is -0.382 e. The average molecular weight is 274 g/mol. The monoisotopic (exact) mass is 273 g/mol. The second-order valence-electron chi connectivity index (χ2n) is 5.36. The summed E-state index contributed by atoms with van der Waals surface area (Å²) in [4.78, 5) is 0. The van der Waals surface area contributed by atoms with Crippen LogP contribution in [0.25, 0.3) is 0 Å². The Morgan fingerprint density at radius 1 is 1.56 bits per heavy atom. The van der Waals surface area contributed by atoms with Crippen molar-refractivity contribution in [3.05, 3.63) is 16.9 Å². The third-order valence-corrected chi connectivity index (χ3v) is 3.04. The van der Waals surface area contributed by atoms with E-state index in [9.17, 15) is 5.11 Å². The minimum atomic E-state index is -1.00. The van der Waals surface area contributed by atoms with Gasteiger partial charge in [-0.1, -0.05) is 32.4 Å². The lowest BCUT2D eigenvalue weighted by Crippen LogP contribution is -2.39. The van der Waals surface area contributed by atoms with Crippen LogP contribution in [0.5, 0.6) is 0 Å². The van der Waals surface area contributed by atoms with Crippen LogP contribution in [-0.4, -0.2) is 28.0 Å². The first-order valence-electron chi connectivity index (χ1n) is 6.53. The molecule has 0 fully saturated rings. The summed E-state index contributed by atoms with van der Waals surface area (Å²) >= 11 is 6.14. The number of aliphatic hydroxyl groups is 1. The van der Waals surface area contributed by atoms with Gasteiger partial charge in [-0.15, -0.1) is 0 Å². The molecule has 5 heteroatoms. The lowest BCUT2D eigenvalue weighted by molar-refractivity contribution is 0.0469. The van der Waals surface area contributed by atoms with Crippen LogP contribution in [0.4, 0.5) is 0 Å². The van der Waals surface area contributed by atoms with E-state index < -0.39 is 5.60 Å². The van der Waals surface area contributed by atoms with Crippen LogP contribution in [0.2, 0.25) is 5.02 Å². The molecule has 104 valence electrons. The van der Waals surface area contributed by atoms with Crippen molar-refractivity contribution in [3.8, 4) is 0 Å². The van der Waals surface area contributed by atoms with Crippen molar-refractivity contribution in [2.24, 2.45) is 5.92 Å². The van der Waals surface area contributed by atoms with Crippen LogP contribution in [0.15, 0.2) is 6.20 Å². The molecule has 0 amide bonds. The quantitative estimate of drug-likeness (QED) is 0.802. The molecule has 1 atom stereocenters. The molecule has 0 bridgehead atoms. The maximum Gasteiger partial charge on any atom is 0.117 e. The third kappa shape index (κ3) is 3.97. The molecule has 1 rings (SSSR count). The van der Waals surface area contributed by atoms with Crippen molar-refractivity contribution in [2.75, 3.05) is 13.1 Å². The van der Waals surface area contributed by atoms with Crippen molar-refractivity contribution in [3.63, 3.8) is 0 Å². The summed E-state index contributed by atoms with van der Waals surface area (Å²) in [5.41, 5.74) is -0.306. The van der Waals surface area contributed by atoms with Gasteiger partial charge in [-0.3, -0.25) is 4.68 Å². The molecule has 0 saturated heterocycles. The number of rotatable bonds is 7. The van der Waals surface area contributed by atoms with Crippen molar-refractivity contribution >= 4 is 11.6 Å². The topological polar surface area (TPSA) is 50.1 Å². The Kier molecular flexibility index (Phi) is 5.63. The van der Waals surface area contributed by atoms with E-state index in [1.807, 2.05) is 0 Å². The largest absolute Gasteiger partial charge is 0.382 e. The molecule has 2 N–H and O–H groups in total. The van der Waals surface area contributed by atoms with Crippen LogP contribution >= 0.6 is 11.6 Å². The van der Waals surface area contributed by atoms with Crippen molar-refractivity contribution in [2.45, 2.75) is 46.3 Å². The van der Waals surface area contributed by atoms with Gasteiger partial charge < -0.3 is 10.4 Å². The van der Waals surface area contributed by atoms with E-state index in [-0.39, 0.29) is 0 Å². The highest BCUT2D eigenvalue weighted by Gasteiger charge is 2.29. The molecule has 4 nitrogen and oxygen atoms in total. The lowest BCUT2D eigenvalue weighted by Gasteiger charge is -2.26. The number of hydrogen-bond acceptors (Lipinski definition) is 3. The first-order valence-corrected chi connectivity index (χ1v) is 6.91. The molecule has 1 aromatic heterocycles. The number of aryl methyl sites for hydroxylation is 1. The van der Waals surface area contributed by atoms with Gasteiger partial charge in [0, 0.05) is 13.1 Å². The van der Waals surface area contributed by atoms with Crippen molar-refractivity contribution < 1.29 is 5.11 Å². The van der Waals surface area contributed by atoms with Gasteiger partial charge in [0.25, 0.3) is 0 Å². The first-order chi connectivity index (χ1) is 8.38. The fourth-order valence-electron chi connectivity index (χ4n) is 1.97. The molecule has 1 heterocycles. The van der Waals surface area contributed by atoms with Crippen molar-refractivity contribution in [1.82, 2.24) is 15.1 Å². The Morgan fingerprint density at radius 2 is 2.22 bits per heavy atom. The summed E-state index contributed by atoms with van der Waals surface area (Å²) in [5, 5.41) is 18.6. The SMILES string of the molecule is CCCn1ncc(Cl)c1C(C)(O)CNCC(C)C. The molecule has 0 radical (unpaired) electrons. The van der Waals surface area contributed by atoms with E-state index >= 15 is 0 Å². The predicted octanol–water partition coefficient (Wildman–Crippen LogP) is 2.40. The molecule has 0 aliphatic rings. The molecule has 0 aliphatic heterocycles. The summed E-state index contributed by atoms with van der Waals surface area (Å²) in [6.45, 7) is 10.2. The molecule has 0 spiro atoms. The molecule has 1 aromatic rings. The second-order valence-corrected chi connectivity index (χ2v) is 5.77. The number of aromatic nitrogens is 2. The van der Waals surface area contributed by atoms with Crippen molar-refractivity contribution in [1.29, 1.82) is 0 Å². The molecule has 0 saturated carbocycles. The highest BCUT2D eigenvalue weighted by atomic mass is 35.5. The van der Waals surface area contributed by atoms with Crippen LogP contribution in [-0.2, 0) is 12.1 Å². The standard InChI is InChI=1S/C13H24ClN3O/c1-5-6-17-12(11(14)8-16-17)13(4,18)9-15-7-10(2)3/h8,10,15,18H,5-7,9H2,1-4H3. The number of hydrogen-bond donors (Lipinski definition) is 2. The zero-order valence-electron chi connectivity index (χ0n) is 11.7. The first kappa shape index (κ1) is 15.5. The molecule has 18 heavy (non-hydrogen) atoms. The zero-order valence-corrected chi connectivity index (χ0v) is 12.5. The summed E-state index contributed by atoms with van der Waals surface area (Å²) in [7, 11) is 0. The Hall–Kier alpha value is -0.580. The van der Waals surface area contributed by atoms with E-state index in [0.717, 1.165) is 19.5 Å². The number of nitrogens with zero attached hydrogens (tertiary/aromatic N) is 2. The molecule has 0 aromatic carbocycles. The molecule has 1 unspecified atom stereocenters. The van der Waals surface area contributed by atoms with Gasteiger partial charge in [-0.2, -0.15) is 5.10 Å². The van der Waals surface area contributed by atoms with Gasteiger partial charge in [0.05, 0.1) is 16.9 Å². The maximum absolute atomic E-state index is 10.6. The van der Waals surface area contributed by atoms with E-state index in [1.165, 1.54) is 0 Å². The predicted molar refractivity (Wildman–Crippen MR) is 74.8 cm³/mol. The molecular weight excluding hydrogens is 250 g/mol. The van der Waals surface area contributed by atoms with E-state index in [4.69, 9.17) is 11.6 Å². The van der Waals surface area contributed by atoms with Gasteiger partial charge in [-0.25, -0.2) is 0 Å². The second kappa shape index (κ2) is 6.55.